The van der Waals surface area contributed by atoms with E-state index in [-0.39, 0.29) is 38.4 Å². The summed E-state index contributed by atoms with van der Waals surface area (Å²) in [5.41, 5.74) is 33.9. The number of aliphatic hydroxyl groups is 6. The number of hydrogen-bond acceptors (Lipinski definition) is 24. The first-order chi connectivity index (χ1) is 31.2. The molecular formula is C42H82N10O14. The highest BCUT2D eigenvalue weighted by atomic mass is 16.7. The highest BCUT2D eigenvalue weighted by molar-refractivity contribution is 5.07. The van der Waals surface area contributed by atoms with Crippen molar-refractivity contribution in [2.24, 2.45) is 34.4 Å². The molecule has 24 heteroatoms. The molecule has 2 saturated carbocycles. The number of aliphatic hydroxyl groups excluding tert-OH is 4. The lowest BCUT2D eigenvalue weighted by atomic mass is 9.83. The van der Waals surface area contributed by atoms with E-state index < -0.39 is 121 Å². The van der Waals surface area contributed by atoms with Crippen LogP contribution in [0.4, 0.5) is 0 Å². The molecule has 6 rings (SSSR count). The quantitative estimate of drug-likeness (QED) is 0.0684. The molecule has 0 aromatic heterocycles. The van der Waals surface area contributed by atoms with Gasteiger partial charge in [-0.15, -0.1) is 0 Å². The number of likely N-dealkylation sites (N-methyl/N-ethyl adjacent to an activating group) is 4. The van der Waals surface area contributed by atoms with Crippen LogP contribution in [0.25, 0.3) is 0 Å². The zero-order valence-corrected chi connectivity index (χ0v) is 39.2. The van der Waals surface area contributed by atoms with Crippen LogP contribution >= 0.6 is 0 Å². The second kappa shape index (κ2) is 24.4. The van der Waals surface area contributed by atoms with Gasteiger partial charge in [-0.2, -0.15) is 0 Å². The molecule has 0 aromatic rings. The Labute approximate surface area is 387 Å². The van der Waals surface area contributed by atoms with Crippen molar-refractivity contribution >= 4 is 0 Å². The molecule has 4 fully saturated rings. The fraction of sp³-hybridized carbons (Fsp3) is 0.905. The van der Waals surface area contributed by atoms with Gasteiger partial charge in [0.1, 0.15) is 71.6 Å². The maximum absolute atomic E-state index is 11.3. The number of nitrogens with two attached hydrogens (primary N) is 6. The van der Waals surface area contributed by atoms with Gasteiger partial charge in [-0.1, -0.05) is 13.8 Å². The predicted octanol–water partition coefficient (Wildman–Crippen LogP) is -6.40. The summed E-state index contributed by atoms with van der Waals surface area (Å²) in [6.07, 6.45) is -6.11. The normalized spacial score (nSPS) is 46.5. The van der Waals surface area contributed by atoms with Crippen LogP contribution in [0.5, 0.6) is 0 Å². The van der Waals surface area contributed by atoms with Crippen LogP contribution in [0.1, 0.15) is 53.4 Å². The SMILES string of the molecule is CCN[C@@H]1C[C@H](N)[C@@H](O[C@H]2OC(CN)=CC[C@H]2N)[C@H](O)[C@H]1O[C@H]1OC[C@](C)(O)[C@H](NC)[C@H]1O.CCN[C@@H]1C[C@H](N)[C@@H](O[C@H]2OC(CN)=CC[C@H]2N)[C@H](O)[C@H]1O[C@H]1OC[C@](C)(O)[C@H](NC)[C@H]1O. The standard InChI is InChI=1S/2C21H41N5O7/c2*1-4-26-13-7-12(24)16(32-19-11(23)6-5-10(8-22)31-19)14(27)17(13)33-20-15(28)18(25-3)21(2,29)9-30-20/h2*5,11-20,25-29H,4,6-9,22-24H2,1-3H3/t2*11-,12+,13-,14+,15-,16-,17+,18-,19-,20-,21+/m11/s1. The minimum Gasteiger partial charge on any atom is -0.467 e. The van der Waals surface area contributed by atoms with Gasteiger partial charge in [0.05, 0.1) is 50.5 Å². The van der Waals surface area contributed by atoms with Crippen molar-refractivity contribution in [1.82, 2.24) is 21.3 Å². The van der Waals surface area contributed by atoms with Crippen LogP contribution in [-0.2, 0) is 37.9 Å². The fourth-order valence-electron chi connectivity index (χ4n) is 9.71. The summed E-state index contributed by atoms with van der Waals surface area (Å²) in [6, 6.07) is -3.90. The molecule has 6 aliphatic rings. The van der Waals surface area contributed by atoms with Crippen LogP contribution in [0.3, 0.4) is 0 Å². The number of hydrogen-bond donors (Lipinski definition) is 16. The third-order valence-electron chi connectivity index (χ3n) is 13.3. The van der Waals surface area contributed by atoms with Crippen LogP contribution < -0.4 is 55.7 Å². The molecule has 4 heterocycles. The molecule has 0 radical (unpaired) electrons. The number of ether oxygens (including phenoxy) is 8. The zero-order chi connectivity index (χ0) is 48.7. The van der Waals surface area contributed by atoms with Gasteiger partial charge in [-0.25, -0.2) is 0 Å². The summed E-state index contributed by atoms with van der Waals surface area (Å²) in [4.78, 5) is 0. The molecular weight excluding hydrogens is 869 g/mol. The summed E-state index contributed by atoms with van der Waals surface area (Å²) in [5.74, 6) is 1.14. The van der Waals surface area contributed by atoms with Gasteiger partial charge < -0.3 is 124 Å². The Kier molecular flexibility index (Phi) is 20.3. The molecule has 24 nitrogen and oxygen atoms in total. The molecule has 0 spiro atoms. The van der Waals surface area contributed by atoms with Crippen molar-refractivity contribution in [3.8, 4) is 0 Å². The van der Waals surface area contributed by atoms with Gasteiger partial charge in [0.15, 0.2) is 12.6 Å². The second-order valence-corrected chi connectivity index (χ2v) is 18.6. The van der Waals surface area contributed by atoms with Crippen molar-refractivity contribution in [3.63, 3.8) is 0 Å². The monoisotopic (exact) mass is 951 g/mol. The molecule has 4 aliphatic heterocycles. The van der Waals surface area contributed by atoms with E-state index in [0.717, 1.165) is 0 Å². The van der Waals surface area contributed by atoms with Crippen molar-refractivity contribution in [1.29, 1.82) is 0 Å². The molecule has 0 bridgehead atoms. The predicted molar refractivity (Wildman–Crippen MR) is 239 cm³/mol. The van der Waals surface area contributed by atoms with E-state index in [1.54, 1.807) is 27.9 Å². The van der Waals surface area contributed by atoms with E-state index in [1.165, 1.54) is 0 Å². The van der Waals surface area contributed by atoms with Crippen molar-refractivity contribution < 1.29 is 68.5 Å². The van der Waals surface area contributed by atoms with Crippen LogP contribution in [0, 0.1) is 0 Å². The highest BCUT2D eigenvalue weighted by Gasteiger charge is 2.53. The van der Waals surface area contributed by atoms with E-state index in [1.807, 2.05) is 26.0 Å². The maximum atomic E-state index is 11.3. The molecule has 22 atom stereocenters. The van der Waals surface area contributed by atoms with Crippen LogP contribution in [0.2, 0.25) is 0 Å². The van der Waals surface area contributed by atoms with E-state index in [2.05, 4.69) is 21.3 Å². The lowest BCUT2D eigenvalue weighted by molar-refractivity contribution is -0.304. The van der Waals surface area contributed by atoms with Gasteiger partial charge >= 0.3 is 0 Å². The molecule has 22 N–H and O–H groups in total. The lowest BCUT2D eigenvalue weighted by Gasteiger charge is -2.49. The molecule has 66 heavy (non-hydrogen) atoms. The molecule has 0 amide bonds. The third-order valence-corrected chi connectivity index (χ3v) is 13.3. The summed E-state index contributed by atoms with van der Waals surface area (Å²) in [7, 11) is 3.28. The average Bonchev–Trinajstić information content (AvgIpc) is 3.26. The first kappa shape index (κ1) is 55.1. The Morgan fingerprint density at radius 2 is 0.924 bits per heavy atom. The van der Waals surface area contributed by atoms with E-state index in [9.17, 15) is 30.6 Å². The van der Waals surface area contributed by atoms with E-state index in [4.69, 9.17) is 72.3 Å². The molecule has 0 aromatic carbocycles. The largest absolute Gasteiger partial charge is 0.467 e. The van der Waals surface area contributed by atoms with Gasteiger partial charge in [0.2, 0.25) is 12.6 Å². The van der Waals surface area contributed by atoms with E-state index >= 15 is 0 Å². The fourth-order valence-corrected chi connectivity index (χ4v) is 9.71. The van der Waals surface area contributed by atoms with Gasteiger partial charge in [0.25, 0.3) is 0 Å². The Bertz CT molecular complexity index is 1450. The first-order valence-electron chi connectivity index (χ1n) is 23.2. The Morgan fingerprint density at radius 1 is 0.576 bits per heavy atom. The Morgan fingerprint density at radius 3 is 1.24 bits per heavy atom. The van der Waals surface area contributed by atoms with Crippen molar-refractivity contribution in [2.45, 2.75) is 187 Å². The number of nitrogens with one attached hydrogen (secondary N) is 4. The number of rotatable bonds is 16. The summed E-state index contributed by atoms with van der Waals surface area (Å²) in [5, 5.41) is 77.5. The average molecular weight is 951 g/mol. The van der Waals surface area contributed by atoms with Gasteiger partial charge in [0, 0.05) is 24.2 Å². The smallest absolute Gasteiger partial charge is 0.215 e. The third kappa shape index (κ3) is 12.9. The summed E-state index contributed by atoms with van der Waals surface area (Å²) in [6.45, 7) is 8.61. The first-order valence-corrected chi connectivity index (χ1v) is 23.2. The molecule has 0 unspecified atom stereocenters. The van der Waals surface area contributed by atoms with E-state index in [0.29, 0.717) is 50.3 Å². The topological polar surface area (TPSA) is 399 Å². The highest BCUT2D eigenvalue weighted by Crippen LogP contribution is 2.34. The zero-order valence-electron chi connectivity index (χ0n) is 39.2. The molecule has 2 aliphatic carbocycles. The lowest BCUT2D eigenvalue weighted by Crippen LogP contribution is -2.69. The van der Waals surface area contributed by atoms with Gasteiger partial charge in [-0.3, -0.25) is 0 Å². The van der Waals surface area contributed by atoms with Crippen molar-refractivity contribution in [3.05, 3.63) is 23.7 Å². The summed E-state index contributed by atoms with van der Waals surface area (Å²) < 4.78 is 47.1. The molecule has 384 valence electrons. The van der Waals surface area contributed by atoms with Crippen molar-refractivity contribution in [2.75, 3.05) is 53.5 Å². The molecule has 2 saturated heterocycles. The maximum Gasteiger partial charge on any atom is 0.215 e. The van der Waals surface area contributed by atoms with Crippen LogP contribution in [-0.4, -0.2) is 218 Å². The van der Waals surface area contributed by atoms with Gasteiger partial charge in [-0.05, 0) is 78.9 Å². The minimum absolute atomic E-state index is 0.0483. The Balaban J connectivity index is 0.000000247. The van der Waals surface area contributed by atoms with Crippen LogP contribution in [0.15, 0.2) is 23.7 Å². The Hall–Kier alpha value is -1.80. The summed E-state index contributed by atoms with van der Waals surface area (Å²) >= 11 is 0. The second-order valence-electron chi connectivity index (χ2n) is 18.6. The minimum atomic E-state index is -1.28.